The molecule has 0 heterocycles. The maximum Gasteiger partial charge on any atom is 0.0587 e. The smallest absolute Gasteiger partial charge is 0.0587 e. The van der Waals surface area contributed by atoms with Crippen molar-refractivity contribution in [1.29, 1.82) is 0 Å². The van der Waals surface area contributed by atoms with Gasteiger partial charge in [-0.1, -0.05) is 44.0 Å². The van der Waals surface area contributed by atoms with Gasteiger partial charge >= 0.3 is 0 Å². The zero-order valence-electron chi connectivity index (χ0n) is 13.9. The van der Waals surface area contributed by atoms with Crippen molar-refractivity contribution < 1.29 is 4.74 Å². The average molecular weight is 277 g/mol. The van der Waals surface area contributed by atoms with E-state index in [1.165, 1.54) is 29.5 Å². The molecule has 1 atom stereocenters. The van der Waals surface area contributed by atoms with E-state index in [1.54, 1.807) is 7.11 Å². The van der Waals surface area contributed by atoms with Gasteiger partial charge in [-0.15, -0.1) is 0 Å². The van der Waals surface area contributed by atoms with Crippen LogP contribution in [0, 0.1) is 19.3 Å². The summed E-state index contributed by atoms with van der Waals surface area (Å²) in [6, 6.07) is 6.79. The zero-order valence-corrected chi connectivity index (χ0v) is 13.9. The van der Waals surface area contributed by atoms with Gasteiger partial charge in [-0.3, -0.25) is 0 Å². The Hall–Kier alpha value is -0.860. The lowest BCUT2D eigenvalue weighted by Gasteiger charge is -2.31. The number of nitrogens with one attached hydrogen (secondary N) is 1. The van der Waals surface area contributed by atoms with Gasteiger partial charge in [-0.2, -0.15) is 0 Å². The van der Waals surface area contributed by atoms with E-state index in [1.807, 2.05) is 0 Å². The Morgan fingerprint density at radius 3 is 2.65 bits per heavy atom. The Kier molecular flexibility index (Phi) is 7.25. The van der Waals surface area contributed by atoms with Crippen molar-refractivity contribution >= 4 is 0 Å². The van der Waals surface area contributed by atoms with Crippen molar-refractivity contribution in [1.82, 2.24) is 5.32 Å². The van der Waals surface area contributed by atoms with Crippen molar-refractivity contribution in [2.45, 2.75) is 47.0 Å². The Bertz CT molecular complexity index is 402. The molecule has 2 nitrogen and oxygen atoms in total. The highest BCUT2D eigenvalue weighted by molar-refractivity contribution is 5.31. The molecule has 0 aliphatic rings. The van der Waals surface area contributed by atoms with E-state index in [9.17, 15) is 0 Å². The summed E-state index contributed by atoms with van der Waals surface area (Å²) in [4.78, 5) is 0. The van der Waals surface area contributed by atoms with Gasteiger partial charge in [0.2, 0.25) is 0 Å². The molecule has 0 aliphatic carbocycles. The third-order valence-electron chi connectivity index (χ3n) is 4.01. The van der Waals surface area contributed by atoms with Crippen LogP contribution >= 0.6 is 0 Å². The van der Waals surface area contributed by atoms with Gasteiger partial charge in [-0.25, -0.2) is 0 Å². The summed E-state index contributed by atoms with van der Waals surface area (Å²) in [5.41, 5.74) is 4.59. The topological polar surface area (TPSA) is 21.3 Å². The number of hydrogen-bond acceptors (Lipinski definition) is 2. The largest absolute Gasteiger partial charge is 0.383 e. The molecule has 0 bridgehead atoms. The number of aryl methyl sites for hydroxylation is 2. The lowest BCUT2D eigenvalue weighted by Crippen LogP contribution is -2.35. The number of benzene rings is 1. The summed E-state index contributed by atoms with van der Waals surface area (Å²) in [5, 5.41) is 3.54. The van der Waals surface area contributed by atoms with Gasteiger partial charge < -0.3 is 10.1 Å². The summed E-state index contributed by atoms with van der Waals surface area (Å²) in [5.74, 6) is 0. The minimum absolute atomic E-state index is 0.320. The highest BCUT2D eigenvalue weighted by atomic mass is 16.5. The molecule has 1 N–H and O–H groups in total. The van der Waals surface area contributed by atoms with Gasteiger partial charge in [-0.05, 0) is 43.2 Å². The van der Waals surface area contributed by atoms with Crippen LogP contribution in [0.15, 0.2) is 18.2 Å². The number of rotatable bonds is 9. The summed E-state index contributed by atoms with van der Waals surface area (Å²) in [7, 11) is 1.75. The Morgan fingerprint density at radius 1 is 1.25 bits per heavy atom. The fourth-order valence-electron chi connectivity index (χ4n) is 2.86. The van der Waals surface area contributed by atoms with Crippen molar-refractivity contribution in [3.8, 4) is 0 Å². The van der Waals surface area contributed by atoms with E-state index >= 15 is 0 Å². The molecule has 0 saturated carbocycles. The molecule has 0 radical (unpaired) electrons. The minimum atomic E-state index is 0.320. The van der Waals surface area contributed by atoms with E-state index in [0.29, 0.717) is 5.41 Å². The number of hydrogen-bond donors (Lipinski definition) is 1. The number of ether oxygens (including phenoxy) is 1. The molecule has 0 spiro atoms. The van der Waals surface area contributed by atoms with Gasteiger partial charge in [0.15, 0.2) is 0 Å². The molecule has 0 saturated heterocycles. The number of methoxy groups -OCH3 is 1. The molecule has 0 aliphatic heterocycles. The summed E-state index contributed by atoms with van der Waals surface area (Å²) < 4.78 is 5.11. The van der Waals surface area contributed by atoms with Crippen LogP contribution in [0.3, 0.4) is 0 Å². The normalized spacial score (nSPS) is 14.2. The van der Waals surface area contributed by atoms with Crippen LogP contribution in [-0.2, 0) is 11.2 Å². The standard InChI is InChI=1S/C18H31NO/c1-6-9-18(4,14-19-10-11-20-5)13-17-12-15(2)7-8-16(17)3/h7-8,12,19H,6,9-11,13-14H2,1-5H3. The maximum atomic E-state index is 5.11. The SMILES string of the molecule is CCCC(C)(CNCCOC)Cc1cc(C)ccc1C. The molecule has 1 unspecified atom stereocenters. The van der Waals surface area contributed by atoms with E-state index in [4.69, 9.17) is 4.74 Å². The monoisotopic (exact) mass is 277 g/mol. The first-order chi connectivity index (χ1) is 9.50. The summed E-state index contributed by atoms with van der Waals surface area (Å²) in [6.45, 7) is 11.8. The first-order valence-corrected chi connectivity index (χ1v) is 7.76. The van der Waals surface area contributed by atoms with E-state index in [-0.39, 0.29) is 0 Å². The molecule has 2 heteroatoms. The van der Waals surface area contributed by atoms with E-state index in [0.717, 1.165) is 26.1 Å². The van der Waals surface area contributed by atoms with Crippen LogP contribution in [0.4, 0.5) is 0 Å². The first-order valence-electron chi connectivity index (χ1n) is 7.76. The Labute approximate surface area is 124 Å². The Morgan fingerprint density at radius 2 is 2.00 bits per heavy atom. The zero-order chi connectivity index (χ0) is 15.0. The lowest BCUT2D eigenvalue weighted by molar-refractivity contribution is 0.190. The molecular formula is C18H31NO. The van der Waals surface area contributed by atoms with E-state index < -0.39 is 0 Å². The van der Waals surface area contributed by atoms with Crippen molar-refractivity contribution in [3.05, 3.63) is 34.9 Å². The van der Waals surface area contributed by atoms with Crippen LogP contribution in [0.25, 0.3) is 0 Å². The first kappa shape index (κ1) is 17.2. The van der Waals surface area contributed by atoms with Gasteiger partial charge in [0.05, 0.1) is 6.61 Å². The van der Waals surface area contributed by atoms with Crippen molar-refractivity contribution in [3.63, 3.8) is 0 Å². The van der Waals surface area contributed by atoms with Crippen LogP contribution in [-0.4, -0.2) is 26.8 Å². The second-order valence-electron chi connectivity index (χ2n) is 6.34. The molecule has 0 aromatic heterocycles. The molecule has 114 valence electrons. The Balaban J connectivity index is 2.71. The summed E-state index contributed by atoms with van der Waals surface area (Å²) in [6.07, 6.45) is 3.63. The van der Waals surface area contributed by atoms with Crippen LogP contribution in [0.5, 0.6) is 0 Å². The molecule has 1 aromatic carbocycles. The van der Waals surface area contributed by atoms with Crippen molar-refractivity contribution in [2.75, 3.05) is 26.8 Å². The predicted molar refractivity (Wildman–Crippen MR) is 87.4 cm³/mol. The minimum Gasteiger partial charge on any atom is -0.383 e. The third kappa shape index (κ3) is 5.64. The highest BCUT2D eigenvalue weighted by Gasteiger charge is 2.24. The quantitative estimate of drug-likeness (QED) is 0.691. The molecule has 1 rings (SSSR count). The van der Waals surface area contributed by atoms with Gasteiger partial charge in [0.25, 0.3) is 0 Å². The maximum absolute atomic E-state index is 5.11. The molecule has 20 heavy (non-hydrogen) atoms. The average Bonchev–Trinajstić information content (AvgIpc) is 2.39. The van der Waals surface area contributed by atoms with Gasteiger partial charge in [0.1, 0.15) is 0 Å². The van der Waals surface area contributed by atoms with Crippen molar-refractivity contribution in [2.24, 2.45) is 5.41 Å². The van der Waals surface area contributed by atoms with Crippen LogP contribution in [0.1, 0.15) is 43.4 Å². The van der Waals surface area contributed by atoms with Gasteiger partial charge in [0, 0.05) is 20.2 Å². The highest BCUT2D eigenvalue weighted by Crippen LogP contribution is 2.29. The molecule has 0 fully saturated rings. The molecular weight excluding hydrogens is 246 g/mol. The second-order valence-corrected chi connectivity index (χ2v) is 6.34. The molecule has 0 amide bonds. The second kappa shape index (κ2) is 8.43. The van der Waals surface area contributed by atoms with Crippen LogP contribution < -0.4 is 5.32 Å². The lowest BCUT2D eigenvalue weighted by atomic mass is 9.78. The third-order valence-corrected chi connectivity index (χ3v) is 4.01. The predicted octanol–water partition coefficient (Wildman–Crippen LogP) is 3.89. The molecule has 1 aromatic rings. The fourth-order valence-corrected chi connectivity index (χ4v) is 2.86. The summed E-state index contributed by atoms with van der Waals surface area (Å²) >= 11 is 0. The fraction of sp³-hybridized carbons (Fsp3) is 0.667. The van der Waals surface area contributed by atoms with E-state index in [2.05, 4.69) is 51.2 Å². The van der Waals surface area contributed by atoms with Crippen LogP contribution in [0.2, 0.25) is 0 Å².